The predicted molar refractivity (Wildman–Crippen MR) is 150 cm³/mol. The van der Waals surface area contributed by atoms with Crippen LogP contribution >= 0.6 is 11.6 Å². The number of alkyl halides is 1. The smallest absolute Gasteiger partial charge is 0.425 e. The molecule has 43 heavy (non-hydrogen) atoms. The van der Waals surface area contributed by atoms with Crippen molar-refractivity contribution in [2.45, 2.75) is 98.1 Å². The summed E-state index contributed by atoms with van der Waals surface area (Å²) in [5.41, 5.74) is -2.03. The number of halogens is 2. The summed E-state index contributed by atoms with van der Waals surface area (Å²) in [6, 6.07) is 0. The molecule has 0 bridgehead atoms. The van der Waals surface area contributed by atoms with Gasteiger partial charge in [0.05, 0.1) is 30.9 Å². The standard InChI is InChI=1S/C27H37ClFN5O9/c1-10-39-22(36)18(14(3)35)40-12-16-13(2)17(29)21(41-16)34-20-15(11-30-34)19(31-23(28)32-20)33(24(37)42-26(4,5)6)25(38)43-27(7,8)9/h11,13,16-18,21H,10,12H2,1-9H3/t13-,16-,17+,18?,21-/m1/s1. The first-order valence-electron chi connectivity index (χ1n) is 13.6. The lowest BCUT2D eigenvalue weighted by Gasteiger charge is -2.28. The Morgan fingerprint density at radius 1 is 1.09 bits per heavy atom. The largest absolute Gasteiger partial charge is 0.464 e. The molecule has 1 fully saturated rings. The number of hydrogen-bond acceptors (Lipinski definition) is 12. The van der Waals surface area contributed by atoms with Crippen molar-refractivity contribution in [1.82, 2.24) is 19.7 Å². The lowest BCUT2D eigenvalue weighted by atomic mass is 10.0. The van der Waals surface area contributed by atoms with Crippen molar-refractivity contribution < 1.29 is 47.3 Å². The molecule has 16 heteroatoms. The van der Waals surface area contributed by atoms with Gasteiger partial charge in [-0.1, -0.05) is 6.92 Å². The molecule has 3 rings (SSSR count). The average molecular weight is 630 g/mol. The molecule has 3 heterocycles. The van der Waals surface area contributed by atoms with Crippen LogP contribution in [0, 0.1) is 5.92 Å². The third kappa shape index (κ3) is 8.15. The molecule has 5 atom stereocenters. The van der Waals surface area contributed by atoms with Gasteiger partial charge in [-0.15, -0.1) is 0 Å². The second-order valence-electron chi connectivity index (χ2n) is 11.9. The topological polar surface area (TPSA) is 161 Å². The van der Waals surface area contributed by atoms with Gasteiger partial charge >= 0.3 is 18.2 Å². The van der Waals surface area contributed by atoms with Gasteiger partial charge in [-0.2, -0.15) is 20.0 Å². The zero-order chi connectivity index (χ0) is 32.4. The van der Waals surface area contributed by atoms with Gasteiger partial charge in [-0.05, 0) is 67.0 Å². The molecule has 0 aromatic carbocycles. The Kier molecular flexibility index (Phi) is 10.3. The molecule has 0 aliphatic carbocycles. The molecule has 1 unspecified atom stereocenters. The molecular formula is C27H37ClFN5O9. The van der Waals surface area contributed by atoms with Crippen LogP contribution in [0.2, 0.25) is 5.28 Å². The molecule has 1 saturated heterocycles. The fraction of sp³-hybridized carbons (Fsp3) is 0.667. The molecule has 2 amide bonds. The number of fused-ring (bicyclic) bond motifs is 1. The van der Waals surface area contributed by atoms with Crippen LogP contribution in [-0.4, -0.2) is 86.5 Å². The number of ketones is 1. The minimum atomic E-state index is -1.65. The van der Waals surface area contributed by atoms with Gasteiger partial charge in [0, 0.05) is 5.92 Å². The first-order valence-corrected chi connectivity index (χ1v) is 14.0. The van der Waals surface area contributed by atoms with Crippen LogP contribution in [0.25, 0.3) is 11.0 Å². The quantitative estimate of drug-likeness (QED) is 0.173. The molecule has 0 spiro atoms. The van der Waals surface area contributed by atoms with E-state index in [0.717, 1.165) is 4.68 Å². The summed E-state index contributed by atoms with van der Waals surface area (Å²) in [5, 5.41) is 3.87. The number of rotatable bonds is 8. The minimum absolute atomic E-state index is 0.0447. The highest BCUT2D eigenvalue weighted by Crippen LogP contribution is 2.39. The second kappa shape index (κ2) is 13.1. The molecule has 0 radical (unpaired) electrons. The van der Waals surface area contributed by atoms with Crippen molar-refractivity contribution >= 4 is 52.4 Å². The van der Waals surface area contributed by atoms with E-state index in [2.05, 4.69) is 15.1 Å². The van der Waals surface area contributed by atoms with Gasteiger partial charge in [0.2, 0.25) is 11.4 Å². The first kappa shape index (κ1) is 34.1. The maximum Gasteiger partial charge on any atom is 0.425 e. The fourth-order valence-corrected chi connectivity index (χ4v) is 4.25. The molecule has 0 saturated carbocycles. The number of hydrogen-bond donors (Lipinski definition) is 0. The van der Waals surface area contributed by atoms with Crippen LogP contribution in [0.15, 0.2) is 6.20 Å². The molecule has 0 N–H and O–H groups in total. The number of aromatic nitrogens is 4. The monoisotopic (exact) mass is 629 g/mol. The van der Waals surface area contributed by atoms with Crippen molar-refractivity contribution in [2.75, 3.05) is 18.1 Å². The molecule has 2 aromatic heterocycles. The number of esters is 1. The molecular weight excluding hydrogens is 593 g/mol. The summed E-state index contributed by atoms with van der Waals surface area (Å²) in [4.78, 5) is 59.3. The van der Waals surface area contributed by atoms with Gasteiger partial charge in [0.15, 0.2) is 29.6 Å². The van der Waals surface area contributed by atoms with E-state index in [0.29, 0.717) is 4.90 Å². The maximum atomic E-state index is 15.6. The highest BCUT2D eigenvalue weighted by Gasteiger charge is 2.46. The number of Topliss-reactive ketones (excluding diaryl/α,β-unsaturated/α-hetero) is 1. The lowest BCUT2D eigenvalue weighted by Crippen LogP contribution is -2.44. The third-order valence-electron chi connectivity index (χ3n) is 5.98. The van der Waals surface area contributed by atoms with E-state index in [1.54, 1.807) is 55.4 Å². The zero-order valence-corrected chi connectivity index (χ0v) is 26.3. The van der Waals surface area contributed by atoms with Crippen molar-refractivity contribution in [3.63, 3.8) is 0 Å². The summed E-state index contributed by atoms with van der Waals surface area (Å²) in [7, 11) is 0. The molecule has 1 aliphatic rings. The van der Waals surface area contributed by atoms with Crippen molar-refractivity contribution in [2.24, 2.45) is 5.92 Å². The van der Waals surface area contributed by atoms with Gasteiger partial charge in [0.25, 0.3) is 0 Å². The van der Waals surface area contributed by atoms with Crippen molar-refractivity contribution in [3.05, 3.63) is 11.5 Å². The van der Waals surface area contributed by atoms with E-state index < -0.39 is 65.7 Å². The Hall–Kier alpha value is -3.43. The van der Waals surface area contributed by atoms with E-state index >= 15 is 4.39 Å². The Balaban J connectivity index is 1.98. The van der Waals surface area contributed by atoms with E-state index in [1.165, 1.54) is 13.1 Å². The summed E-state index contributed by atoms with van der Waals surface area (Å²) >= 11 is 6.22. The van der Waals surface area contributed by atoms with E-state index in [1.807, 2.05) is 0 Å². The summed E-state index contributed by atoms with van der Waals surface area (Å²) in [5.74, 6) is -2.50. The van der Waals surface area contributed by atoms with Crippen LogP contribution < -0.4 is 4.90 Å². The number of amides is 2. The van der Waals surface area contributed by atoms with Gasteiger partial charge in [-0.25, -0.2) is 23.5 Å². The highest BCUT2D eigenvalue weighted by molar-refractivity contribution is 6.29. The Morgan fingerprint density at radius 3 is 2.19 bits per heavy atom. The Labute approximate surface area is 253 Å². The van der Waals surface area contributed by atoms with Crippen LogP contribution in [0.4, 0.5) is 19.8 Å². The van der Waals surface area contributed by atoms with Gasteiger partial charge < -0.3 is 23.7 Å². The average Bonchev–Trinajstić information content (AvgIpc) is 3.38. The Morgan fingerprint density at radius 2 is 1.67 bits per heavy atom. The normalized spacial score (nSPS) is 21.4. The van der Waals surface area contributed by atoms with Crippen LogP contribution in [-0.2, 0) is 33.3 Å². The summed E-state index contributed by atoms with van der Waals surface area (Å²) in [6.45, 7) is 13.8. The molecule has 2 aromatic rings. The van der Waals surface area contributed by atoms with Crippen molar-refractivity contribution in [3.8, 4) is 0 Å². The predicted octanol–water partition coefficient (Wildman–Crippen LogP) is 4.57. The summed E-state index contributed by atoms with van der Waals surface area (Å²) < 4.78 is 43.9. The minimum Gasteiger partial charge on any atom is -0.464 e. The number of carbonyl (C=O) groups is 4. The number of ether oxygens (including phenoxy) is 5. The Bertz CT molecular complexity index is 1350. The first-order chi connectivity index (χ1) is 19.8. The van der Waals surface area contributed by atoms with E-state index in [-0.39, 0.29) is 35.3 Å². The zero-order valence-electron chi connectivity index (χ0n) is 25.5. The van der Waals surface area contributed by atoms with Crippen LogP contribution in [0.1, 0.15) is 68.5 Å². The number of anilines is 1. The molecule has 238 valence electrons. The molecule has 14 nitrogen and oxygen atoms in total. The summed E-state index contributed by atoms with van der Waals surface area (Å²) in [6.07, 6.45) is -6.36. The highest BCUT2D eigenvalue weighted by atomic mass is 35.5. The van der Waals surface area contributed by atoms with Gasteiger partial charge in [-0.3, -0.25) is 4.79 Å². The second-order valence-corrected chi connectivity index (χ2v) is 12.2. The van der Waals surface area contributed by atoms with E-state index in [4.69, 9.17) is 35.3 Å². The van der Waals surface area contributed by atoms with E-state index in [9.17, 15) is 19.2 Å². The third-order valence-corrected chi connectivity index (χ3v) is 6.15. The number of nitrogens with zero attached hydrogens (tertiary/aromatic N) is 5. The fourth-order valence-electron chi connectivity index (χ4n) is 4.09. The lowest BCUT2D eigenvalue weighted by molar-refractivity contribution is -0.164. The number of imide groups is 1. The SMILES string of the molecule is CCOC(=O)C(OC[C@H]1O[C@@H](n2ncc3c(N(C(=O)OC(C)(C)C)C(=O)OC(C)(C)C)nc(Cl)nc32)[C@@H](F)[C@@H]1C)C(C)=O. The van der Waals surface area contributed by atoms with Crippen molar-refractivity contribution in [1.29, 1.82) is 0 Å². The van der Waals surface area contributed by atoms with Crippen LogP contribution in [0.5, 0.6) is 0 Å². The van der Waals surface area contributed by atoms with Crippen LogP contribution in [0.3, 0.4) is 0 Å². The maximum absolute atomic E-state index is 15.6. The van der Waals surface area contributed by atoms with Gasteiger partial charge in [0.1, 0.15) is 11.2 Å². The molecule has 1 aliphatic heterocycles. The number of carbonyl (C=O) groups excluding carboxylic acids is 4.